The van der Waals surface area contributed by atoms with Crippen LogP contribution in [0.4, 0.5) is 0 Å². The lowest BCUT2D eigenvalue weighted by Crippen LogP contribution is -2.64. The van der Waals surface area contributed by atoms with Crippen LogP contribution in [-0.4, -0.2) is 104 Å². The van der Waals surface area contributed by atoms with E-state index < -0.39 is 109 Å². The summed E-state index contributed by atoms with van der Waals surface area (Å²) < 4.78 is 56.2. The molecule has 0 N–H and O–H groups in total. The van der Waals surface area contributed by atoms with Gasteiger partial charge in [-0.2, -0.15) is 0 Å². The Labute approximate surface area is 246 Å². The van der Waals surface area contributed by atoms with Gasteiger partial charge in [-0.15, -0.1) is 0 Å². The van der Waals surface area contributed by atoms with Crippen LogP contribution in [0.25, 0.3) is 0 Å². The maximum Gasteiger partial charge on any atom is 0.303 e. The zero-order chi connectivity index (χ0) is 31.6. The third-order valence-electron chi connectivity index (χ3n) is 7.25. The van der Waals surface area contributed by atoms with Crippen molar-refractivity contribution in [1.29, 1.82) is 0 Å². The molecule has 2 saturated heterocycles. The number of carbonyl (C=O) groups is 6. The first-order chi connectivity index (χ1) is 20.2. The molecule has 16 heteroatoms. The molecule has 1 saturated carbocycles. The van der Waals surface area contributed by atoms with E-state index in [4.69, 9.17) is 47.4 Å². The van der Waals surface area contributed by atoms with E-state index in [2.05, 4.69) is 0 Å². The fraction of sp³-hybridized carbons (Fsp3) is 0.704. The van der Waals surface area contributed by atoms with Crippen LogP contribution in [0.5, 0.6) is 0 Å². The SMILES string of the molecule is CC(=O)OC[C@H]1O[C@@H](O[C@@H]2OC=C[C@H]3[C@@H](OC(C)=O)[C@@H]4O[C@]4(COC(C)=O)[C@@H]23)[C@H](OC(C)=O)[C@@H](OC(C)=O)[C@@H]1OC(C)=O. The molecule has 11 atom stereocenters. The summed E-state index contributed by atoms with van der Waals surface area (Å²) in [6.45, 7) is 6.27. The smallest absolute Gasteiger partial charge is 0.303 e. The Morgan fingerprint density at radius 1 is 0.674 bits per heavy atom. The van der Waals surface area contributed by atoms with Crippen molar-refractivity contribution < 1.29 is 76.1 Å². The highest BCUT2D eigenvalue weighted by molar-refractivity contribution is 5.69. The van der Waals surface area contributed by atoms with Crippen molar-refractivity contribution >= 4 is 35.8 Å². The minimum Gasteiger partial charge on any atom is -0.472 e. The molecular weight excluding hydrogens is 580 g/mol. The third kappa shape index (κ3) is 7.08. The van der Waals surface area contributed by atoms with Gasteiger partial charge in [-0.05, 0) is 6.08 Å². The Morgan fingerprint density at radius 3 is 1.81 bits per heavy atom. The van der Waals surface area contributed by atoms with Crippen LogP contribution in [0.15, 0.2) is 12.3 Å². The van der Waals surface area contributed by atoms with Gasteiger partial charge in [-0.1, -0.05) is 0 Å². The molecule has 0 aromatic heterocycles. The summed E-state index contributed by atoms with van der Waals surface area (Å²) in [5.41, 5.74) is -1.16. The van der Waals surface area contributed by atoms with E-state index in [1.54, 1.807) is 6.08 Å². The van der Waals surface area contributed by atoms with Gasteiger partial charge < -0.3 is 47.4 Å². The number of esters is 6. The summed E-state index contributed by atoms with van der Waals surface area (Å²) in [4.78, 5) is 71.5. The summed E-state index contributed by atoms with van der Waals surface area (Å²) in [7, 11) is 0. The first-order valence-electron chi connectivity index (χ1n) is 13.5. The van der Waals surface area contributed by atoms with E-state index in [9.17, 15) is 28.8 Å². The second kappa shape index (κ2) is 12.9. The second-order valence-electron chi connectivity index (χ2n) is 10.5. The minimum absolute atomic E-state index is 0.207. The Morgan fingerprint density at radius 2 is 1.23 bits per heavy atom. The van der Waals surface area contributed by atoms with Crippen LogP contribution < -0.4 is 0 Å². The summed E-state index contributed by atoms with van der Waals surface area (Å²) in [6.07, 6.45) is -6.80. The van der Waals surface area contributed by atoms with Crippen molar-refractivity contribution in [1.82, 2.24) is 0 Å². The molecule has 4 aliphatic rings. The molecule has 0 radical (unpaired) electrons. The van der Waals surface area contributed by atoms with E-state index in [0.717, 1.165) is 27.7 Å². The molecule has 3 aliphatic heterocycles. The maximum atomic E-state index is 12.2. The van der Waals surface area contributed by atoms with Crippen LogP contribution in [-0.2, 0) is 76.1 Å². The standard InChI is InChI=1S/C27H34O16/c1-11(28)35-9-18-21(38-14(4)31)22(39-15(5)32)23(40-16(6)33)26(41-18)42-25-19-17(7-8-34-25)20(37-13(3)30)24-27(19,43-24)10-36-12(2)29/h7-8,17-26H,9-10H2,1-6H3/t17-,18-,19-,20-,21-,22+,23-,24+,25+,26+,27-/m1/s1. The molecule has 0 aromatic carbocycles. The van der Waals surface area contributed by atoms with Crippen molar-refractivity contribution in [3.63, 3.8) is 0 Å². The van der Waals surface area contributed by atoms with E-state index >= 15 is 0 Å². The average molecular weight is 615 g/mol. The van der Waals surface area contributed by atoms with Gasteiger partial charge in [-0.3, -0.25) is 28.8 Å². The highest BCUT2D eigenvalue weighted by Gasteiger charge is 2.78. The Balaban J connectivity index is 1.69. The monoisotopic (exact) mass is 614 g/mol. The van der Waals surface area contributed by atoms with Gasteiger partial charge >= 0.3 is 35.8 Å². The molecule has 0 unspecified atom stereocenters. The predicted molar refractivity (Wildman–Crippen MR) is 134 cm³/mol. The van der Waals surface area contributed by atoms with E-state index in [-0.39, 0.29) is 6.61 Å². The van der Waals surface area contributed by atoms with Gasteiger partial charge in [0.15, 0.2) is 18.3 Å². The molecule has 0 amide bonds. The van der Waals surface area contributed by atoms with Gasteiger partial charge in [0.25, 0.3) is 0 Å². The van der Waals surface area contributed by atoms with Gasteiger partial charge in [0.05, 0.1) is 12.2 Å². The first kappa shape index (κ1) is 32.2. The summed E-state index contributed by atoms with van der Waals surface area (Å²) >= 11 is 0. The number of fused-ring (bicyclic) bond motifs is 3. The molecule has 0 aromatic rings. The average Bonchev–Trinajstić information content (AvgIpc) is 3.56. The van der Waals surface area contributed by atoms with Gasteiger partial charge in [0.1, 0.15) is 37.1 Å². The molecule has 43 heavy (non-hydrogen) atoms. The van der Waals surface area contributed by atoms with Crippen LogP contribution in [0, 0.1) is 11.8 Å². The molecule has 0 spiro atoms. The molecule has 3 heterocycles. The Bertz CT molecular complexity index is 1170. The Hall–Kier alpha value is -3.76. The number of epoxide rings is 1. The Kier molecular flexibility index (Phi) is 9.61. The van der Waals surface area contributed by atoms with Gasteiger partial charge in [0.2, 0.25) is 12.6 Å². The highest BCUT2D eigenvalue weighted by Crippen LogP contribution is 2.61. The maximum absolute atomic E-state index is 12.2. The second-order valence-corrected chi connectivity index (χ2v) is 10.5. The minimum atomic E-state index is -1.55. The van der Waals surface area contributed by atoms with E-state index in [1.807, 2.05) is 0 Å². The fourth-order valence-electron chi connectivity index (χ4n) is 5.79. The zero-order valence-electron chi connectivity index (χ0n) is 24.4. The number of ether oxygens (including phenoxy) is 10. The lowest BCUT2D eigenvalue weighted by Gasteiger charge is -2.46. The van der Waals surface area contributed by atoms with Gasteiger partial charge in [0, 0.05) is 47.5 Å². The van der Waals surface area contributed by atoms with Crippen molar-refractivity contribution in [2.24, 2.45) is 11.8 Å². The molecule has 238 valence electrons. The number of hydrogen-bond acceptors (Lipinski definition) is 16. The molecule has 4 rings (SSSR count). The zero-order valence-corrected chi connectivity index (χ0v) is 24.4. The van der Waals surface area contributed by atoms with Crippen molar-refractivity contribution in [3.8, 4) is 0 Å². The number of hydrogen-bond donors (Lipinski definition) is 0. The molecule has 3 fully saturated rings. The molecule has 16 nitrogen and oxygen atoms in total. The van der Waals surface area contributed by atoms with Crippen LogP contribution >= 0.6 is 0 Å². The lowest BCUT2D eigenvalue weighted by molar-refractivity contribution is -0.346. The lowest BCUT2D eigenvalue weighted by atomic mass is 9.85. The number of rotatable bonds is 10. The summed E-state index contributed by atoms with van der Waals surface area (Å²) in [5, 5.41) is 0. The largest absolute Gasteiger partial charge is 0.472 e. The quantitative estimate of drug-likeness (QED) is 0.178. The summed E-state index contributed by atoms with van der Waals surface area (Å²) in [5.74, 6) is -5.45. The van der Waals surface area contributed by atoms with E-state index in [1.165, 1.54) is 20.1 Å². The summed E-state index contributed by atoms with van der Waals surface area (Å²) in [6, 6.07) is 0. The highest BCUT2D eigenvalue weighted by atomic mass is 16.8. The number of carbonyl (C=O) groups excluding carboxylic acids is 6. The predicted octanol–water partition coefficient (Wildman–Crippen LogP) is -0.165. The van der Waals surface area contributed by atoms with Crippen LogP contribution in [0.1, 0.15) is 41.5 Å². The molecule has 1 aliphatic carbocycles. The third-order valence-corrected chi connectivity index (χ3v) is 7.25. The van der Waals surface area contributed by atoms with Gasteiger partial charge in [-0.25, -0.2) is 0 Å². The van der Waals surface area contributed by atoms with Crippen LogP contribution in [0.2, 0.25) is 0 Å². The fourth-order valence-corrected chi connectivity index (χ4v) is 5.79. The normalized spacial score (nSPS) is 37.0. The molecule has 0 bridgehead atoms. The van der Waals surface area contributed by atoms with Crippen molar-refractivity contribution in [2.75, 3.05) is 13.2 Å². The van der Waals surface area contributed by atoms with E-state index in [0.29, 0.717) is 0 Å². The molecular formula is C27H34O16. The van der Waals surface area contributed by atoms with Crippen molar-refractivity contribution in [3.05, 3.63) is 12.3 Å². The van der Waals surface area contributed by atoms with Crippen molar-refractivity contribution in [2.45, 2.75) is 96.3 Å². The first-order valence-corrected chi connectivity index (χ1v) is 13.5. The van der Waals surface area contributed by atoms with Crippen LogP contribution in [0.3, 0.4) is 0 Å². The topological polar surface area (TPSA) is 198 Å².